The Morgan fingerprint density at radius 3 is 2.50 bits per heavy atom. The molecule has 0 amide bonds. The van der Waals surface area contributed by atoms with Crippen molar-refractivity contribution in [3.05, 3.63) is 42.0 Å². The van der Waals surface area contributed by atoms with Gasteiger partial charge in [-0.1, -0.05) is 37.3 Å². The Morgan fingerprint density at radius 1 is 1.31 bits per heavy atom. The Kier molecular flexibility index (Phi) is 3.62. The van der Waals surface area contributed by atoms with Crippen LogP contribution >= 0.6 is 0 Å². The maximum absolute atomic E-state index is 8.65. The Balaban J connectivity index is 1.98. The van der Waals surface area contributed by atoms with E-state index in [4.69, 9.17) is 9.84 Å². The third-order valence-electron chi connectivity index (χ3n) is 3.18. The number of hydrogen-bond donors (Lipinski definition) is 1. The minimum Gasteiger partial charge on any atom is -0.491 e. The van der Waals surface area contributed by atoms with Crippen LogP contribution < -0.4 is 0 Å². The van der Waals surface area contributed by atoms with Gasteiger partial charge in [-0.15, -0.1) is 0 Å². The fourth-order valence-electron chi connectivity index (χ4n) is 1.93. The van der Waals surface area contributed by atoms with E-state index < -0.39 is 0 Å². The first-order valence-electron chi connectivity index (χ1n) is 5.84. The molecule has 0 radical (unpaired) electrons. The zero-order valence-corrected chi connectivity index (χ0v) is 9.48. The molecular weight excluding hydrogens is 200 g/mol. The molecule has 0 saturated heterocycles. The van der Waals surface area contributed by atoms with Crippen LogP contribution in [0.3, 0.4) is 0 Å². The van der Waals surface area contributed by atoms with Crippen LogP contribution in [0.1, 0.15) is 36.3 Å². The quantitative estimate of drug-likeness (QED) is 0.770. The number of rotatable bonds is 5. The molecule has 2 heteroatoms. The first-order valence-corrected chi connectivity index (χ1v) is 5.84. The molecular formula is C14H18O2. The van der Waals surface area contributed by atoms with E-state index >= 15 is 0 Å². The molecule has 1 aliphatic carbocycles. The molecule has 2 rings (SSSR count). The van der Waals surface area contributed by atoms with Gasteiger partial charge in [0.2, 0.25) is 0 Å². The Hall–Kier alpha value is -1.28. The van der Waals surface area contributed by atoms with Crippen molar-refractivity contribution in [2.24, 2.45) is 0 Å². The first kappa shape index (κ1) is 11.2. The maximum atomic E-state index is 8.65. The summed E-state index contributed by atoms with van der Waals surface area (Å²) >= 11 is 0. The second kappa shape index (κ2) is 5.17. The summed E-state index contributed by atoms with van der Waals surface area (Å²) in [6.45, 7) is 4.17. The average molecular weight is 218 g/mol. The largest absolute Gasteiger partial charge is 0.491 e. The molecule has 0 unspecified atom stereocenters. The van der Waals surface area contributed by atoms with Gasteiger partial charge in [0.15, 0.2) is 0 Å². The molecule has 1 fully saturated rings. The highest BCUT2D eigenvalue weighted by Gasteiger charge is 2.19. The highest BCUT2D eigenvalue weighted by Crippen LogP contribution is 2.36. The molecule has 2 nitrogen and oxygen atoms in total. The molecule has 0 atom stereocenters. The molecule has 0 bridgehead atoms. The highest BCUT2D eigenvalue weighted by molar-refractivity contribution is 5.57. The van der Waals surface area contributed by atoms with Crippen LogP contribution in [-0.2, 0) is 4.74 Å². The van der Waals surface area contributed by atoms with Gasteiger partial charge in [-0.3, -0.25) is 0 Å². The summed E-state index contributed by atoms with van der Waals surface area (Å²) in [5, 5.41) is 8.65. The molecule has 1 aliphatic rings. The molecule has 1 N–H and O–H groups in total. The lowest BCUT2D eigenvalue weighted by Gasteiger charge is -2.25. The fraction of sp³-hybridized carbons (Fsp3) is 0.429. The second-order valence-electron chi connectivity index (χ2n) is 4.25. The van der Waals surface area contributed by atoms with Crippen LogP contribution in [-0.4, -0.2) is 18.3 Å². The molecule has 1 aromatic carbocycles. The van der Waals surface area contributed by atoms with Gasteiger partial charge in [-0.25, -0.2) is 0 Å². The van der Waals surface area contributed by atoms with Gasteiger partial charge in [0.05, 0.1) is 6.61 Å². The molecule has 0 aromatic heterocycles. The molecule has 1 saturated carbocycles. The van der Waals surface area contributed by atoms with E-state index in [-0.39, 0.29) is 6.61 Å². The monoisotopic (exact) mass is 218 g/mol. The smallest absolute Gasteiger partial charge is 0.119 e. The van der Waals surface area contributed by atoms with Gasteiger partial charge in [-0.05, 0) is 24.3 Å². The van der Waals surface area contributed by atoms with Crippen molar-refractivity contribution in [3.63, 3.8) is 0 Å². The first-order chi connectivity index (χ1) is 7.81. The molecule has 16 heavy (non-hydrogen) atoms. The van der Waals surface area contributed by atoms with Crippen LogP contribution in [0.25, 0.3) is 5.76 Å². The van der Waals surface area contributed by atoms with E-state index in [2.05, 4.69) is 18.7 Å². The number of hydrogen-bond acceptors (Lipinski definition) is 2. The summed E-state index contributed by atoms with van der Waals surface area (Å²) in [4.78, 5) is 0. The minimum absolute atomic E-state index is 0.0270. The number of benzene rings is 1. The summed E-state index contributed by atoms with van der Waals surface area (Å²) in [5.74, 6) is 1.40. The predicted octanol–water partition coefficient (Wildman–Crippen LogP) is 2.93. The molecule has 1 aromatic rings. The maximum Gasteiger partial charge on any atom is 0.119 e. The lowest BCUT2D eigenvalue weighted by Crippen LogP contribution is -2.08. The van der Waals surface area contributed by atoms with E-state index in [9.17, 15) is 0 Å². The predicted molar refractivity (Wildman–Crippen MR) is 65.1 cm³/mol. The third kappa shape index (κ3) is 2.45. The Labute approximate surface area is 96.6 Å². The molecule has 0 spiro atoms. The van der Waals surface area contributed by atoms with E-state index in [0.29, 0.717) is 12.4 Å². The van der Waals surface area contributed by atoms with Crippen molar-refractivity contribution in [1.82, 2.24) is 0 Å². The summed E-state index contributed by atoms with van der Waals surface area (Å²) in [6.07, 6.45) is 4.00. The van der Waals surface area contributed by atoms with Gasteiger partial charge in [0.25, 0.3) is 0 Å². The fourth-order valence-corrected chi connectivity index (χ4v) is 1.93. The van der Waals surface area contributed by atoms with Crippen molar-refractivity contribution in [2.75, 3.05) is 13.2 Å². The van der Waals surface area contributed by atoms with E-state index in [1.807, 2.05) is 12.1 Å². The van der Waals surface area contributed by atoms with Gasteiger partial charge >= 0.3 is 0 Å². The zero-order chi connectivity index (χ0) is 11.4. The number of aliphatic hydroxyl groups is 1. The zero-order valence-electron chi connectivity index (χ0n) is 9.48. The third-order valence-corrected chi connectivity index (χ3v) is 3.18. The number of ether oxygens (including phenoxy) is 1. The van der Waals surface area contributed by atoms with E-state index in [1.165, 1.54) is 24.8 Å². The minimum atomic E-state index is 0.0270. The summed E-state index contributed by atoms with van der Waals surface area (Å²) in [5.41, 5.74) is 2.42. The highest BCUT2D eigenvalue weighted by atomic mass is 16.5. The van der Waals surface area contributed by atoms with Gasteiger partial charge in [0, 0.05) is 5.56 Å². The van der Waals surface area contributed by atoms with E-state index in [0.717, 1.165) is 11.5 Å². The Morgan fingerprint density at radius 2 is 2.00 bits per heavy atom. The van der Waals surface area contributed by atoms with Crippen molar-refractivity contribution >= 4 is 5.76 Å². The van der Waals surface area contributed by atoms with Crippen molar-refractivity contribution < 1.29 is 9.84 Å². The summed E-state index contributed by atoms with van der Waals surface area (Å²) in [6, 6.07) is 8.42. The van der Waals surface area contributed by atoms with E-state index in [1.54, 1.807) is 0 Å². The lowest BCUT2D eigenvalue weighted by molar-refractivity contribution is 0.181. The molecule has 0 aliphatic heterocycles. The Bertz CT molecular complexity index is 350. The lowest BCUT2D eigenvalue weighted by atomic mass is 9.80. The van der Waals surface area contributed by atoms with Crippen LogP contribution in [0.15, 0.2) is 30.8 Å². The van der Waals surface area contributed by atoms with Gasteiger partial charge in [0.1, 0.15) is 12.4 Å². The van der Waals surface area contributed by atoms with Crippen LogP contribution in [0.5, 0.6) is 0 Å². The average Bonchev–Trinajstić information content (AvgIpc) is 2.24. The van der Waals surface area contributed by atoms with Gasteiger partial charge < -0.3 is 9.84 Å². The van der Waals surface area contributed by atoms with Crippen molar-refractivity contribution in [3.8, 4) is 0 Å². The van der Waals surface area contributed by atoms with Crippen molar-refractivity contribution in [1.29, 1.82) is 0 Å². The standard InChI is InChI=1S/C14H18O2/c1-11(16-10-9-15)12-5-7-14(8-6-12)13-3-2-4-13/h5-8,13,15H,1-4,9-10H2. The van der Waals surface area contributed by atoms with Crippen LogP contribution in [0, 0.1) is 0 Å². The molecule has 86 valence electrons. The number of aliphatic hydroxyl groups excluding tert-OH is 1. The summed E-state index contributed by atoms with van der Waals surface area (Å²) < 4.78 is 5.27. The van der Waals surface area contributed by atoms with Crippen LogP contribution in [0.4, 0.5) is 0 Å². The second-order valence-corrected chi connectivity index (χ2v) is 4.25. The topological polar surface area (TPSA) is 29.5 Å². The molecule has 0 heterocycles. The van der Waals surface area contributed by atoms with Crippen molar-refractivity contribution in [2.45, 2.75) is 25.2 Å². The SMILES string of the molecule is C=C(OCCO)c1ccc(C2CCC2)cc1. The summed E-state index contributed by atoms with van der Waals surface area (Å²) in [7, 11) is 0. The normalized spacial score (nSPS) is 15.6. The van der Waals surface area contributed by atoms with Gasteiger partial charge in [-0.2, -0.15) is 0 Å². The van der Waals surface area contributed by atoms with Crippen LogP contribution in [0.2, 0.25) is 0 Å².